The number of benzene rings is 1. The normalized spacial score (nSPS) is 8.71. The zero-order chi connectivity index (χ0) is 10.6. The largest absolute Gasteiger partial charge is 0.496 e. The summed E-state index contributed by atoms with van der Waals surface area (Å²) in [6.45, 7) is 1.91. The fraction of sp³-hybridized carbons (Fsp3) is 0.182. The molecule has 0 spiro atoms. The number of aryl methyl sites for hydroxylation is 1. The van der Waals surface area contributed by atoms with Crippen LogP contribution in [0.3, 0.4) is 0 Å². The lowest BCUT2D eigenvalue weighted by Gasteiger charge is -2.03. The van der Waals surface area contributed by atoms with Crippen LogP contribution in [0.25, 0.3) is 0 Å². The Bertz CT molecular complexity index is 413. The van der Waals surface area contributed by atoms with Crippen LogP contribution in [0.1, 0.15) is 11.1 Å². The lowest BCUT2D eigenvalue weighted by molar-refractivity contribution is -0.112. The highest BCUT2D eigenvalue weighted by Gasteiger charge is 1.97. The first-order chi connectivity index (χ1) is 6.63. The molecule has 1 aromatic rings. The molecule has 72 valence electrons. The Morgan fingerprint density at radius 1 is 1.50 bits per heavy atom. The third-order valence-electron chi connectivity index (χ3n) is 1.72. The summed E-state index contributed by atoms with van der Waals surface area (Å²) in [6.07, 6.45) is 0. The van der Waals surface area contributed by atoms with E-state index in [2.05, 4.69) is 11.8 Å². The van der Waals surface area contributed by atoms with Gasteiger partial charge in [-0.05, 0) is 36.6 Å². The zero-order valence-electron chi connectivity index (χ0n) is 8.13. The molecule has 1 rings (SSSR count). The highest BCUT2D eigenvalue weighted by Crippen LogP contribution is 2.17. The molecule has 0 heterocycles. The van der Waals surface area contributed by atoms with Crippen LogP contribution in [-0.4, -0.2) is 13.0 Å². The summed E-state index contributed by atoms with van der Waals surface area (Å²) in [6, 6.07) is 5.43. The third-order valence-corrected chi connectivity index (χ3v) is 1.72. The molecule has 0 aromatic heterocycles. The van der Waals surface area contributed by atoms with E-state index in [9.17, 15) is 4.79 Å². The first-order valence-corrected chi connectivity index (χ1v) is 4.09. The van der Waals surface area contributed by atoms with Gasteiger partial charge in [-0.3, -0.25) is 4.79 Å². The fourth-order valence-electron chi connectivity index (χ4n) is 1.09. The lowest BCUT2D eigenvalue weighted by Crippen LogP contribution is -2.06. The Labute approximate surface area is 82.9 Å². The number of amides is 1. The Morgan fingerprint density at radius 2 is 2.21 bits per heavy atom. The highest BCUT2D eigenvalue weighted by molar-refractivity contribution is 5.92. The number of primary amides is 1. The summed E-state index contributed by atoms with van der Waals surface area (Å²) in [5.74, 6) is 5.10. The van der Waals surface area contributed by atoms with Crippen molar-refractivity contribution < 1.29 is 9.53 Å². The molecule has 0 bridgehead atoms. The van der Waals surface area contributed by atoms with Crippen LogP contribution in [0.4, 0.5) is 0 Å². The van der Waals surface area contributed by atoms with Crippen LogP contribution >= 0.6 is 0 Å². The van der Waals surface area contributed by atoms with Crippen molar-refractivity contribution in [2.75, 3.05) is 7.11 Å². The van der Waals surface area contributed by atoms with Crippen molar-refractivity contribution in [3.63, 3.8) is 0 Å². The van der Waals surface area contributed by atoms with Crippen molar-refractivity contribution in [2.24, 2.45) is 5.73 Å². The van der Waals surface area contributed by atoms with Gasteiger partial charge in [-0.25, -0.2) is 0 Å². The molecule has 1 aromatic carbocycles. The minimum atomic E-state index is -0.626. The van der Waals surface area contributed by atoms with E-state index in [1.54, 1.807) is 19.2 Å². The molecular weight excluding hydrogens is 178 g/mol. The summed E-state index contributed by atoms with van der Waals surface area (Å²) >= 11 is 0. The molecule has 1 amide bonds. The third kappa shape index (κ3) is 2.53. The van der Waals surface area contributed by atoms with Crippen LogP contribution in [0.5, 0.6) is 5.75 Å². The summed E-state index contributed by atoms with van der Waals surface area (Å²) in [5, 5.41) is 0. The maximum absolute atomic E-state index is 10.4. The molecular formula is C11H11NO2. The molecule has 0 unspecified atom stereocenters. The predicted molar refractivity (Wildman–Crippen MR) is 53.8 cm³/mol. The van der Waals surface area contributed by atoms with Crippen molar-refractivity contribution in [3.05, 3.63) is 29.3 Å². The van der Waals surface area contributed by atoms with Crippen LogP contribution in [-0.2, 0) is 4.79 Å². The van der Waals surface area contributed by atoms with E-state index in [-0.39, 0.29) is 0 Å². The maximum atomic E-state index is 10.4. The van der Waals surface area contributed by atoms with Gasteiger partial charge in [0.25, 0.3) is 5.91 Å². The van der Waals surface area contributed by atoms with Gasteiger partial charge in [0.2, 0.25) is 0 Å². The van der Waals surface area contributed by atoms with Crippen molar-refractivity contribution in [3.8, 4) is 17.6 Å². The van der Waals surface area contributed by atoms with E-state index >= 15 is 0 Å². The molecule has 0 aliphatic heterocycles. The average Bonchev–Trinajstić information content (AvgIpc) is 2.15. The number of nitrogens with two attached hydrogens (primary N) is 1. The van der Waals surface area contributed by atoms with Gasteiger partial charge in [-0.2, -0.15) is 0 Å². The second-order valence-corrected chi connectivity index (χ2v) is 2.80. The van der Waals surface area contributed by atoms with Gasteiger partial charge < -0.3 is 10.5 Å². The Hall–Kier alpha value is -1.95. The fourth-order valence-corrected chi connectivity index (χ4v) is 1.09. The minimum Gasteiger partial charge on any atom is -0.496 e. The van der Waals surface area contributed by atoms with E-state index in [0.717, 1.165) is 16.9 Å². The van der Waals surface area contributed by atoms with E-state index in [1.807, 2.05) is 13.0 Å². The first kappa shape index (κ1) is 10.1. The number of ether oxygens (including phenoxy) is 1. The van der Waals surface area contributed by atoms with Crippen LogP contribution in [0, 0.1) is 18.8 Å². The Kier molecular flexibility index (Phi) is 3.14. The summed E-state index contributed by atoms with van der Waals surface area (Å²) in [7, 11) is 1.61. The van der Waals surface area contributed by atoms with E-state index in [0.29, 0.717) is 0 Å². The van der Waals surface area contributed by atoms with Crippen LogP contribution < -0.4 is 10.5 Å². The summed E-state index contributed by atoms with van der Waals surface area (Å²) < 4.78 is 5.09. The smallest absolute Gasteiger partial charge is 0.293 e. The molecule has 0 saturated heterocycles. The number of carbonyl (C=O) groups is 1. The van der Waals surface area contributed by atoms with Gasteiger partial charge in [0, 0.05) is 5.56 Å². The van der Waals surface area contributed by atoms with Crippen molar-refractivity contribution in [2.45, 2.75) is 6.92 Å². The first-order valence-electron chi connectivity index (χ1n) is 4.09. The maximum Gasteiger partial charge on any atom is 0.293 e. The van der Waals surface area contributed by atoms with Gasteiger partial charge in [-0.15, -0.1) is 0 Å². The van der Waals surface area contributed by atoms with Gasteiger partial charge >= 0.3 is 0 Å². The van der Waals surface area contributed by atoms with Crippen LogP contribution in [0.2, 0.25) is 0 Å². The van der Waals surface area contributed by atoms with Crippen molar-refractivity contribution in [1.29, 1.82) is 0 Å². The van der Waals surface area contributed by atoms with E-state index in [1.165, 1.54) is 0 Å². The molecule has 0 aliphatic rings. The number of methoxy groups -OCH3 is 1. The standard InChI is InChI=1S/C11H11NO2/c1-8-7-9(4-6-11(12)13)3-5-10(8)14-2/h3,5,7H,1-2H3,(H2,12,13). The predicted octanol–water partition coefficient (Wildman–Crippen LogP) is 0.840. The summed E-state index contributed by atoms with van der Waals surface area (Å²) in [5.41, 5.74) is 6.62. The highest BCUT2D eigenvalue weighted by atomic mass is 16.5. The second kappa shape index (κ2) is 4.33. The molecule has 3 nitrogen and oxygen atoms in total. The molecule has 2 N–H and O–H groups in total. The number of hydrogen-bond donors (Lipinski definition) is 1. The molecule has 0 fully saturated rings. The Morgan fingerprint density at radius 3 is 2.71 bits per heavy atom. The van der Waals surface area contributed by atoms with Crippen LogP contribution in [0.15, 0.2) is 18.2 Å². The quantitative estimate of drug-likeness (QED) is 0.665. The average molecular weight is 189 g/mol. The van der Waals surface area contributed by atoms with Gasteiger partial charge in [0.15, 0.2) is 0 Å². The zero-order valence-corrected chi connectivity index (χ0v) is 8.13. The second-order valence-electron chi connectivity index (χ2n) is 2.80. The SMILES string of the molecule is COc1ccc(C#CC(N)=O)cc1C. The number of carbonyl (C=O) groups excluding carboxylic acids is 1. The van der Waals surface area contributed by atoms with Gasteiger partial charge in [0.1, 0.15) is 5.75 Å². The van der Waals surface area contributed by atoms with Gasteiger partial charge in [0.05, 0.1) is 7.11 Å². The summed E-state index contributed by atoms with van der Waals surface area (Å²) in [4.78, 5) is 10.4. The monoisotopic (exact) mass is 189 g/mol. The van der Waals surface area contributed by atoms with Gasteiger partial charge in [-0.1, -0.05) is 5.92 Å². The number of hydrogen-bond acceptors (Lipinski definition) is 2. The molecule has 3 heteroatoms. The van der Waals surface area contributed by atoms with Crippen molar-refractivity contribution >= 4 is 5.91 Å². The van der Waals surface area contributed by atoms with Crippen molar-refractivity contribution in [1.82, 2.24) is 0 Å². The minimum absolute atomic E-state index is 0.626. The molecule has 0 radical (unpaired) electrons. The molecule has 0 aliphatic carbocycles. The van der Waals surface area contributed by atoms with E-state index < -0.39 is 5.91 Å². The van der Waals surface area contributed by atoms with E-state index in [4.69, 9.17) is 10.5 Å². The molecule has 0 saturated carbocycles. The Balaban J connectivity index is 2.99. The molecule has 0 atom stereocenters. The topological polar surface area (TPSA) is 52.3 Å². The molecule has 14 heavy (non-hydrogen) atoms. The lowest BCUT2D eigenvalue weighted by atomic mass is 10.1. The number of rotatable bonds is 1.